The van der Waals surface area contributed by atoms with Crippen molar-refractivity contribution in [2.45, 2.75) is 39.7 Å². The van der Waals surface area contributed by atoms with Crippen molar-refractivity contribution in [2.24, 2.45) is 0 Å². The standard InChI is InChI=1S/C12H24N2/c1-4-13-8-7-12(3)14-9-5-6-11(2)10-14/h6,12-13H,4-5,7-10H2,1-3H3. The molecule has 0 saturated carbocycles. The van der Waals surface area contributed by atoms with E-state index >= 15 is 0 Å². The molecule has 0 radical (unpaired) electrons. The maximum absolute atomic E-state index is 3.39. The average Bonchev–Trinajstić information content (AvgIpc) is 2.18. The van der Waals surface area contributed by atoms with Crippen LogP contribution in [0.1, 0.15) is 33.6 Å². The van der Waals surface area contributed by atoms with E-state index in [4.69, 9.17) is 0 Å². The molecule has 0 aromatic carbocycles. The minimum absolute atomic E-state index is 0.720. The number of nitrogens with zero attached hydrogens (tertiary/aromatic N) is 1. The Morgan fingerprint density at radius 1 is 1.57 bits per heavy atom. The fourth-order valence-corrected chi connectivity index (χ4v) is 1.99. The summed E-state index contributed by atoms with van der Waals surface area (Å²) in [4.78, 5) is 2.59. The van der Waals surface area contributed by atoms with Gasteiger partial charge in [0.25, 0.3) is 0 Å². The summed E-state index contributed by atoms with van der Waals surface area (Å²) in [5.41, 5.74) is 1.53. The number of hydrogen-bond acceptors (Lipinski definition) is 2. The highest BCUT2D eigenvalue weighted by Crippen LogP contribution is 2.13. The molecule has 0 aromatic heterocycles. The summed E-state index contributed by atoms with van der Waals surface area (Å²) in [6.07, 6.45) is 4.87. The monoisotopic (exact) mass is 196 g/mol. The molecule has 1 aliphatic heterocycles. The summed E-state index contributed by atoms with van der Waals surface area (Å²) in [5.74, 6) is 0. The molecule has 0 bridgehead atoms. The fraction of sp³-hybridized carbons (Fsp3) is 0.833. The van der Waals surface area contributed by atoms with Crippen molar-refractivity contribution in [2.75, 3.05) is 26.2 Å². The van der Waals surface area contributed by atoms with Crippen molar-refractivity contribution in [1.29, 1.82) is 0 Å². The largest absolute Gasteiger partial charge is 0.317 e. The molecule has 1 atom stereocenters. The predicted octanol–water partition coefficient (Wildman–Crippen LogP) is 2.03. The molecule has 0 saturated heterocycles. The zero-order chi connectivity index (χ0) is 10.4. The third-order valence-corrected chi connectivity index (χ3v) is 2.97. The molecular formula is C12H24N2. The van der Waals surface area contributed by atoms with Gasteiger partial charge in [0.05, 0.1) is 0 Å². The lowest BCUT2D eigenvalue weighted by atomic mass is 10.1. The second-order valence-electron chi connectivity index (χ2n) is 4.30. The Hall–Kier alpha value is -0.340. The van der Waals surface area contributed by atoms with Crippen molar-refractivity contribution < 1.29 is 0 Å². The normalized spacial score (nSPS) is 20.6. The third kappa shape index (κ3) is 3.81. The molecule has 0 aliphatic carbocycles. The molecule has 14 heavy (non-hydrogen) atoms. The van der Waals surface area contributed by atoms with E-state index in [1.54, 1.807) is 0 Å². The van der Waals surface area contributed by atoms with Gasteiger partial charge in [-0.25, -0.2) is 0 Å². The summed E-state index contributed by atoms with van der Waals surface area (Å²) in [6, 6.07) is 0.720. The van der Waals surface area contributed by atoms with Crippen molar-refractivity contribution in [1.82, 2.24) is 10.2 Å². The maximum atomic E-state index is 3.39. The van der Waals surface area contributed by atoms with E-state index in [1.807, 2.05) is 0 Å². The van der Waals surface area contributed by atoms with Gasteiger partial charge in [-0.15, -0.1) is 0 Å². The van der Waals surface area contributed by atoms with E-state index in [9.17, 15) is 0 Å². The molecule has 1 N–H and O–H groups in total. The van der Waals surface area contributed by atoms with E-state index in [1.165, 1.54) is 31.5 Å². The molecule has 82 valence electrons. The summed E-state index contributed by atoms with van der Waals surface area (Å²) in [7, 11) is 0. The van der Waals surface area contributed by atoms with Crippen LogP contribution in [0.2, 0.25) is 0 Å². The number of hydrogen-bond donors (Lipinski definition) is 1. The van der Waals surface area contributed by atoms with E-state index in [-0.39, 0.29) is 0 Å². The molecule has 0 aromatic rings. The lowest BCUT2D eigenvalue weighted by molar-refractivity contribution is 0.211. The van der Waals surface area contributed by atoms with Gasteiger partial charge in [-0.3, -0.25) is 4.90 Å². The van der Waals surface area contributed by atoms with Crippen LogP contribution in [0.3, 0.4) is 0 Å². The first-order valence-electron chi connectivity index (χ1n) is 5.84. The Balaban J connectivity index is 2.23. The summed E-state index contributed by atoms with van der Waals surface area (Å²) in [6.45, 7) is 11.4. The molecular weight excluding hydrogens is 172 g/mol. The second kappa shape index (κ2) is 6.20. The van der Waals surface area contributed by atoms with Crippen molar-refractivity contribution in [3.05, 3.63) is 11.6 Å². The molecule has 1 unspecified atom stereocenters. The Morgan fingerprint density at radius 2 is 2.36 bits per heavy atom. The van der Waals surface area contributed by atoms with Crippen LogP contribution in [0, 0.1) is 0 Å². The smallest absolute Gasteiger partial charge is 0.0193 e. The first-order chi connectivity index (χ1) is 6.74. The maximum Gasteiger partial charge on any atom is 0.0193 e. The molecule has 0 spiro atoms. The van der Waals surface area contributed by atoms with Crippen LogP contribution >= 0.6 is 0 Å². The quantitative estimate of drug-likeness (QED) is 0.534. The molecule has 1 heterocycles. The molecule has 2 heteroatoms. The molecule has 2 nitrogen and oxygen atoms in total. The van der Waals surface area contributed by atoms with Crippen molar-refractivity contribution in [3.63, 3.8) is 0 Å². The van der Waals surface area contributed by atoms with Crippen LogP contribution in [-0.4, -0.2) is 37.1 Å². The lowest BCUT2D eigenvalue weighted by Gasteiger charge is -2.32. The van der Waals surface area contributed by atoms with Gasteiger partial charge in [0.15, 0.2) is 0 Å². The number of nitrogens with one attached hydrogen (secondary N) is 1. The molecule has 1 aliphatic rings. The Labute approximate surface area is 88.4 Å². The van der Waals surface area contributed by atoms with Gasteiger partial charge in [0, 0.05) is 19.1 Å². The highest BCUT2D eigenvalue weighted by Gasteiger charge is 2.15. The zero-order valence-electron chi connectivity index (χ0n) is 9.84. The van der Waals surface area contributed by atoms with Crippen LogP contribution in [0.5, 0.6) is 0 Å². The summed E-state index contributed by atoms with van der Waals surface area (Å²) < 4.78 is 0. The van der Waals surface area contributed by atoms with Gasteiger partial charge >= 0.3 is 0 Å². The van der Waals surface area contributed by atoms with Crippen molar-refractivity contribution in [3.8, 4) is 0 Å². The van der Waals surface area contributed by atoms with Crippen LogP contribution in [0.15, 0.2) is 11.6 Å². The molecule has 0 fully saturated rings. The predicted molar refractivity (Wildman–Crippen MR) is 62.6 cm³/mol. The zero-order valence-corrected chi connectivity index (χ0v) is 9.84. The van der Waals surface area contributed by atoms with Gasteiger partial charge < -0.3 is 5.32 Å². The fourth-order valence-electron chi connectivity index (χ4n) is 1.99. The topological polar surface area (TPSA) is 15.3 Å². The van der Waals surface area contributed by atoms with Crippen LogP contribution in [0.25, 0.3) is 0 Å². The van der Waals surface area contributed by atoms with Gasteiger partial charge in [0.1, 0.15) is 0 Å². The minimum Gasteiger partial charge on any atom is -0.317 e. The lowest BCUT2D eigenvalue weighted by Crippen LogP contribution is -2.38. The van der Waals surface area contributed by atoms with Gasteiger partial charge in [-0.2, -0.15) is 0 Å². The van der Waals surface area contributed by atoms with E-state index in [0.717, 1.165) is 19.1 Å². The van der Waals surface area contributed by atoms with Crippen LogP contribution in [0.4, 0.5) is 0 Å². The SMILES string of the molecule is CCNCCC(C)N1CCC=C(C)C1. The second-order valence-corrected chi connectivity index (χ2v) is 4.30. The van der Waals surface area contributed by atoms with E-state index in [0.29, 0.717) is 0 Å². The Bertz CT molecular complexity index is 187. The first-order valence-corrected chi connectivity index (χ1v) is 5.84. The van der Waals surface area contributed by atoms with E-state index < -0.39 is 0 Å². The minimum atomic E-state index is 0.720. The summed E-state index contributed by atoms with van der Waals surface area (Å²) in [5, 5.41) is 3.39. The van der Waals surface area contributed by atoms with E-state index in [2.05, 4.69) is 37.1 Å². The molecule has 1 rings (SSSR count). The van der Waals surface area contributed by atoms with Crippen LogP contribution < -0.4 is 5.32 Å². The highest BCUT2D eigenvalue weighted by atomic mass is 15.2. The van der Waals surface area contributed by atoms with Gasteiger partial charge in [-0.05, 0) is 39.8 Å². The average molecular weight is 196 g/mol. The van der Waals surface area contributed by atoms with Gasteiger partial charge in [-0.1, -0.05) is 18.6 Å². The Kier molecular flexibility index (Phi) is 5.20. The molecule has 0 amide bonds. The van der Waals surface area contributed by atoms with Crippen molar-refractivity contribution >= 4 is 0 Å². The Morgan fingerprint density at radius 3 is 3.00 bits per heavy atom. The van der Waals surface area contributed by atoms with Gasteiger partial charge in [0.2, 0.25) is 0 Å². The third-order valence-electron chi connectivity index (χ3n) is 2.97. The summed E-state index contributed by atoms with van der Waals surface area (Å²) >= 11 is 0. The van der Waals surface area contributed by atoms with Crippen LogP contribution in [-0.2, 0) is 0 Å². The first kappa shape index (κ1) is 11.7. The number of rotatable bonds is 5. The highest BCUT2D eigenvalue weighted by molar-refractivity contribution is 5.05.